The number of alkyl halides is 3. The maximum Gasteiger partial charge on any atom is 0.416 e. The average Bonchev–Trinajstić information content (AvgIpc) is 3.62. The van der Waals surface area contributed by atoms with Crippen molar-refractivity contribution in [2.45, 2.75) is 20.0 Å². The van der Waals surface area contributed by atoms with Gasteiger partial charge < -0.3 is 9.13 Å². The van der Waals surface area contributed by atoms with E-state index in [1.807, 2.05) is 105 Å². The molecule has 4 nitrogen and oxygen atoms in total. The molecular weight excluding hydrogens is 605 g/mol. The number of halogens is 3. The summed E-state index contributed by atoms with van der Waals surface area (Å²) in [5.41, 5.74) is 6.98. The third-order valence-corrected chi connectivity index (χ3v) is 9.26. The van der Waals surface area contributed by atoms with Crippen molar-refractivity contribution in [3.63, 3.8) is 0 Å². The molecule has 0 aliphatic carbocycles. The van der Waals surface area contributed by atoms with Gasteiger partial charge in [0.2, 0.25) is 0 Å². The highest BCUT2D eigenvalue weighted by atomic mass is 19.4. The quantitative estimate of drug-likeness (QED) is 0.195. The molecule has 0 amide bonds. The lowest BCUT2D eigenvalue weighted by Gasteiger charge is -2.20. The van der Waals surface area contributed by atoms with Gasteiger partial charge in [0.1, 0.15) is 11.6 Å². The molecule has 0 bridgehead atoms. The third kappa shape index (κ3) is 4.22. The van der Waals surface area contributed by atoms with Crippen molar-refractivity contribution in [2.24, 2.45) is 0 Å². The molecule has 0 saturated carbocycles. The van der Waals surface area contributed by atoms with E-state index in [2.05, 4.69) is 27.3 Å². The van der Waals surface area contributed by atoms with Crippen LogP contribution in [0.1, 0.15) is 27.8 Å². The van der Waals surface area contributed by atoms with E-state index in [-0.39, 0.29) is 5.56 Å². The van der Waals surface area contributed by atoms with Gasteiger partial charge in [-0.2, -0.15) is 23.7 Å². The molecule has 0 fully saturated rings. The predicted molar refractivity (Wildman–Crippen MR) is 184 cm³/mol. The van der Waals surface area contributed by atoms with Crippen LogP contribution in [0.5, 0.6) is 0 Å². The molecule has 0 N–H and O–H groups in total. The van der Waals surface area contributed by atoms with Crippen LogP contribution in [0.15, 0.2) is 115 Å². The van der Waals surface area contributed by atoms with Crippen LogP contribution in [-0.2, 0) is 6.18 Å². The summed E-state index contributed by atoms with van der Waals surface area (Å²) in [6.07, 6.45) is -4.61. The summed E-state index contributed by atoms with van der Waals surface area (Å²) in [6, 6.07) is 39.5. The number of hydrogen-bond acceptors (Lipinski definition) is 2. The van der Waals surface area contributed by atoms with Gasteiger partial charge in [0.15, 0.2) is 0 Å². The van der Waals surface area contributed by atoms with Gasteiger partial charge in [0.05, 0.1) is 50.6 Å². The molecule has 0 radical (unpaired) electrons. The molecule has 0 unspecified atom stereocenters. The number of nitriles is 2. The highest BCUT2D eigenvalue weighted by molar-refractivity contribution is 6.12. The highest BCUT2D eigenvalue weighted by Crippen LogP contribution is 2.42. The Labute approximate surface area is 273 Å². The van der Waals surface area contributed by atoms with Crippen molar-refractivity contribution in [2.75, 3.05) is 0 Å². The Morgan fingerprint density at radius 2 is 1.06 bits per heavy atom. The zero-order valence-electron chi connectivity index (χ0n) is 25.9. The zero-order chi connectivity index (χ0) is 33.3. The van der Waals surface area contributed by atoms with Crippen LogP contribution in [0.3, 0.4) is 0 Å². The number of rotatable bonds is 3. The summed E-state index contributed by atoms with van der Waals surface area (Å²) >= 11 is 0. The van der Waals surface area contributed by atoms with Gasteiger partial charge in [0, 0.05) is 21.5 Å². The van der Waals surface area contributed by atoms with Crippen molar-refractivity contribution in [3.05, 3.63) is 143 Å². The van der Waals surface area contributed by atoms with Gasteiger partial charge in [-0.05, 0) is 72.5 Å². The maximum atomic E-state index is 13.8. The predicted octanol–water partition coefficient (Wildman–Crippen LogP) is 10.9. The van der Waals surface area contributed by atoms with Crippen molar-refractivity contribution in [3.8, 4) is 34.6 Å². The molecule has 0 aliphatic heterocycles. The second-order valence-corrected chi connectivity index (χ2v) is 12.0. The summed E-state index contributed by atoms with van der Waals surface area (Å²) in [7, 11) is 0. The number of fused-ring (bicyclic) bond motifs is 6. The molecule has 7 heteroatoms. The zero-order valence-corrected chi connectivity index (χ0v) is 25.9. The standard InChI is InChI=1S/C41H25F3N4/c1-24-9-7-13-32-30-11-3-5-15-35(30)47(39(24)32)37-20-26(29-18-17-28(41(42,43)44)19-27(29)22-45)21-38(34(37)23-46)48-36-16-6-4-12-31(36)33-14-8-10-25(2)40(33)48/h3-21H,1-2H3. The van der Waals surface area contributed by atoms with Crippen molar-refractivity contribution >= 4 is 43.6 Å². The third-order valence-electron chi connectivity index (χ3n) is 9.26. The van der Waals surface area contributed by atoms with Crippen LogP contribution in [0, 0.1) is 36.5 Å². The van der Waals surface area contributed by atoms with Crippen LogP contribution >= 0.6 is 0 Å². The van der Waals surface area contributed by atoms with Crippen molar-refractivity contribution < 1.29 is 13.2 Å². The fraction of sp³-hybridized carbons (Fsp3) is 0.0732. The van der Waals surface area contributed by atoms with E-state index in [1.54, 1.807) is 0 Å². The number of benzene rings is 6. The Balaban J connectivity index is 1.58. The van der Waals surface area contributed by atoms with E-state index < -0.39 is 11.7 Å². The minimum atomic E-state index is -4.61. The lowest BCUT2D eigenvalue weighted by Crippen LogP contribution is -2.07. The summed E-state index contributed by atoms with van der Waals surface area (Å²) in [6.45, 7) is 4.04. The van der Waals surface area contributed by atoms with E-state index in [0.29, 0.717) is 28.1 Å². The van der Waals surface area contributed by atoms with Gasteiger partial charge in [-0.25, -0.2) is 0 Å². The second kappa shape index (κ2) is 10.6. The van der Waals surface area contributed by atoms with Crippen LogP contribution in [0.4, 0.5) is 13.2 Å². The van der Waals surface area contributed by atoms with Gasteiger partial charge in [-0.3, -0.25) is 0 Å². The first-order chi connectivity index (χ1) is 23.2. The van der Waals surface area contributed by atoms with E-state index in [1.165, 1.54) is 6.07 Å². The van der Waals surface area contributed by atoms with Crippen LogP contribution < -0.4 is 0 Å². The minimum absolute atomic E-state index is 0.108. The van der Waals surface area contributed by atoms with Gasteiger partial charge in [0.25, 0.3) is 0 Å². The number of nitrogens with zero attached hydrogens (tertiary/aromatic N) is 4. The summed E-state index contributed by atoms with van der Waals surface area (Å²) in [4.78, 5) is 0. The molecule has 0 spiro atoms. The topological polar surface area (TPSA) is 57.4 Å². The summed E-state index contributed by atoms with van der Waals surface area (Å²) < 4.78 is 45.4. The Bertz CT molecular complexity index is 2570. The largest absolute Gasteiger partial charge is 0.416 e. The van der Waals surface area contributed by atoms with E-state index in [0.717, 1.165) is 66.9 Å². The average molecular weight is 631 g/mol. The van der Waals surface area contributed by atoms with Gasteiger partial charge >= 0.3 is 6.18 Å². The van der Waals surface area contributed by atoms with Crippen molar-refractivity contribution in [1.29, 1.82) is 10.5 Å². The Hall–Kier alpha value is -6.31. The smallest absolute Gasteiger partial charge is 0.308 e. The number of hydrogen-bond donors (Lipinski definition) is 0. The van der Waals surface area contributed by atoms with E-state index >= 15 is 0 Å². The number of para-hydroxylation sites is 4. The molecule has 2 heterocycles. The first-order valence-electron chi connectivity index (χ1n) is 15.4. The Morgan fingerprint density at radius 3 is 1.54 bits per heavy atom. The Morgan fingerprint density at radius 1 is 0.562 bits per heavy atom. The lowest BCUT2D eigenvalue weighted by atomic mass is 9.95. The monoisotopic (exact) mass is 630 g/mol. The van der Waals surface area contributed by atoms with Gasteiger partial charge in [-0.15, -0.1) is 0 Å². The number of aryl methyl sites for hydroxylation is 2. The second-order valence-electron chi connectivity index (χ2n) is 12.0. The molecule has 0 aliphatic rings. The highest BCUT2D eigenvalue weighted by Gasteiger charge is 2.31. The van der Waals surface area contributed by atoms with Crippen LogP contribution in [0.25, 0.3) is 66.1 Å². The summed E-state index contributed by atoms with van der Waals surface area (Å²) in [5, 5.41) is 25.2. The number of aromatic nitrogens is 2. The van der Waals surface area contributed by atoms with E-state index in [9.17, 15) is 23.7 Å². The fourth-order valence-corrected chi connectivity index (χ4v) is 7.18. The van der Waals surface area contributed by atoms with Crippen LogP contribution in [0.2, 0.25) is 0 Å². The minimum Gasteiger partial charge on any atom is -0.308 e. The fourth-order valence-electron chi connectivity index (χ4n) is 7.18. The molecule has 8 rings (SSSR count). The van der Waals surface area contributed by atoms with Crippen LogP contribution in [-0.4, -0.2) is 9.13 Å². The molecule has 230 valence electrons. The molecule has 6 aromatic carbocycles. The molecule has 8 aromatic rings. The van der Waals surface area contributed by atoms with Gasteiger partial charge in [-0.1, -0.05) is 78.9 Å². The summed E-state index contributed by atoms with van der Waals surface area (Å²) in [5.74, 6) is 0. The SMILES string of the molecule is Cc1cccc2c3ccccc3n(-c3cc(-c4ccc(C(F)(F)F)cc4C#N)cc(-n4c5ccccc5c5cccc(C)c54)c3C#N)c12. The molecule has 0 saturated heterocycles. The van der Waals surface area contributed by atoms with E-state index in [4.69, 9.17) is 0 Å². The maximum absolute atomic E-state index is 13.8. The molecule has 48 heavy (non-hydrogen) atoms. The van der Waals surface area contributed by atoms with Crippen molar-refractivity contribution in [1.82, 2.24) is 9.13 Å². The molecular formula is C41H25F3N4. The molecule has 2 aromatic heterocycles. The molecule has 0 atom stereocenters. The lowest BCUT2D eigenvalue weighted by molar-refractivity contribution is -0.137. The Kier molecular flexibility index (Phi) is 6.44. The first kappa shape index (κ1) is 29.1. The first-order valence-corrected chi connectivity index (χ1v) is 15.4. The normalized spacial score (nSPS) is 11.8.